The Hall–Kier alpha value is -3.44. The number of benzene rings is 3. The van der Waals surface area contributed by atoms with E-state index in [1.165, 1.54) is 0 Å². The number of ether oxygens (including phenoxy) is 4. The van der Waals surface area contributed by atoms with Gasteiger partial charge in [-0.15, -0.1) is 0 Å². The predicted molar refractivity (Wildman–Crippen MR) is 156 cm³/mol. The Morgan fingerprint density at radius 2 is 1.81 bits per heavy atom. The smallest absolute Gasteiger partial charge is 0.165 e. The molecule has 0 bridgehead atoms. The molecule has 2 aliphatic heterocycles. The van der Waals surface area contributed by atoms with Gasteiger partial charge in [-0.05, 0) is 66.9 Å². The molecule has 1 atom stereocenters. The standard InChI is InChI=1S/C32H39F2N3O5/c1-38-16-2-14-36-15-19-41-31-11-4-24(20-30(31)36)22-42-37-23-35-13-12-29(37)25-5-8-27(9-6-25)39-17-3-18-40-32-21-26(33)7-10-28(32)34/h4-11,20-21,29,35H,2-3,12-19,22-23H2,1H3/t29-/m1/s1. The summed E-state index contributed by atoms with van der Waals surface area (Å²) < 4.78 is 49.2. The second-order valence-corrected chi connectivity index (χ2v) is 10.3. The molecule has 3 aromatic rings. The van der Waals surface area contributed by atoms with Gasteiger partial charge in [0.25, 0.3) is 0 Å². The molecule has 0 unspecified atom stereocenters. The summed E-state index contributed by atoms with van der Waals surface area (Å²) in [5.41, 5.74) is 3.35. The van der Waals surface area contributed by atoms with Crippen LogP contribution in [0.2, 0.25) is 0 Å². The minimum absolute atomic E-state index is 0.0892. The number of nitrogens with zero attached hydrogens (tertiary/aromatic N) is 2. The maximum Gasteiger partial charge on any atom is 0.165 e. The van der Waals surface area contributed by atoms with Crippen molar-refractivity contribution in [2.45, 2.75) is 31.9 Å². The molecule has 0 radical (unpaired) electrons. The van der Waals surface area contributed by atoms with Gasteiger partial charge in [0.2, 0.25) is 0 Å². The van der Waals surface area contributed by atoms with Crippen LogP contribution >= 0.6 is 0 Å². The molecule has 42 heavy (non-hydrogen) atoms. The first-order chi connectivity index (χ1) is 20.6. The molecule has 0 aliphatic carbocycles. The first-order valence-electron chi connectivity index (χ1n) is 14.5. The Morgan fingerprint density at radius 1 is 0.952 bits per heavy atom. The van der Waals surface area contributed by atoms with Gasteiger partial charge in [-0.1, -0.05) is 18.2 Å². The molecular weight excluding hydrogens is 544 g/mol. The summed E-state index contributed by atoms with van der Waals surface area (Å²) in [6.45, 7) is 5.83. The highest BCUT2D eigenvalue weighted by atomic mass is 19.1. The van der Waals surface area contributed by atoms with Gasteiger partial charge in [-0.2, -0.15) is 5.06 Å². The number of hydrogen-bond donors (Lipinski definition) is 1. The van der Waals surface area contributed by atoms with Crippen molar-refractivity contribution in [3.63, 3.8) is 0 Å². The summed E-state index contributed by atoms with van der Waals surface area (Å²) in [6.07, 6.45) is 2.42. The minimum atomic E-state index is -0.582. The lowest BCUT2D eigenvalue weighted by Gasteiger charge is -2.35. The average molecular weight is 584 g/mol. The second-order valence-electron chi connectivity index (χ2n) is 10.3. The van der Waals surface area contributed by atoms with E-state index < -0.39 is 11.6 Å². The lowest BCUT2D eigenvalue weighted by Crippen LogP contribution is -2.43. The molecule has 0 saturated carbocycles. The van der Waals surface area contributed by atoms with Crippen molar-refractivity contribution in [2.75, 3.05) is 64.7 Å². The first-order valence-corrected chi connectivity index (χ1v) is 14.5. The molecule has 1 N–H and O–H groups in total. The fourth-order valence-corrected chi connectivity index (χ4v) is 5.15. The van der Waals surface area contributed by atoms with E-state index in [-0.39, 0.29) is 18.4 Å². The fourth-order valence-electron chi connectivity index (χ4n) is 5.15. The number of hydroxylamine groups is 2. The summed E-state index contributed by atoms with van der Waals surface area (Å²) in [5, 5.41) is 5.41. The van der Waals surface area contributed by atoms with Crippen molar-refractivity contribution in [2.24, 2.45) is 0 Å². The van der Waals surface area contributed by atoms with Crippen LogP contribution in [0.4, 0.5) is 14.5 Å². The van der Waals surface area contributed by atoms with Crippen LogP contribution in [0.3, 0.4) is 0 Å². The Labute approximate surface area is 246 Å². The Morgan fingerprint density at radius 3 is 2.67 bits per heavy atom. The maximum absolute atomic E-state index is 13.7. The highest BCUT2D eigenvalue weighted by Gasteiger charge is 2.25. The zero-order valence-corrected chi connectivity index (χ0v) is 24.0. The Kier molecular flexibility index (Phi) is 10.8. The van der Waals surface area contributed by atoms with Crippen LogP contribution in [0.5, 0.6) is 17.2 Å². The van der Waals surface area contributed by atoms with Crippen LogP contribution in [-0.2, 0) is 16.2 Å². The topological polar surface area (TPSA) is 64.7 Å². The second kappa shape index (κ2) is 15.2. The molecular formula is C32H39F2N3O5. The van der Waals surface area contributed by atoms with Crippen LogP contribution in [0.15, 0.2) is 60.7 Å². The van der Waals surface area contributed by atoms with E-state index in [1.807, 2.05) is 23.3 Å². The van der Waals surface area contributed by atoms with E-state index in [1.54, 1.807) is 7.11 Å². The molecule has 10 heteroatoms. The van der Waals surface area contributed by atoms with Crippen molar-refractivity contribution < 1.29 is 32.6 Å². The number of methoxy groups -OCH3 is 1. The van der Waals surface area contributed by atoms with Gasteiger partial charge in [0, 0.05) is 32.7 Å². The summed E-state index contributed by atoms with van der Waals surface area (Å²) in [5.74, 6) is 0.448. The Bertz CT molecular complexity index is 1280. The molecule has 0 spiro atoms. The van der Waals surface area contributed by atoms with Crippen LogP contribution < -0.4 is 24.4 Å². The van der Waals surface area contributed by atoms with E-state index in [0.717, 1.165) is 85.6 Å². The fraction of sp³-hybridized carbons (Fsp3) is 0.438. The van der Waals surface area contributed by atoms with Gasteiger partial charge < -0.3 is 29.2 Å². The highest BCUT2D eigenvalue weighted by molar-refractivity contribution is 5.61. The number of hydrogen-bond acceptors (Lipinski definition) is 8. The largest absolute Gasteiger partial charge is 0.493 e. The van der Waals surface area contributed by atoms with Crippen molar-refractivity contribution >= 4 is 5.69 Å². The third kappa shape index (κ3) is 8.10. The lowest BCUT2D eigenvalue weighted by molar-refractivity contribution is -0.212. The van der Waals surface area contributed by atoms with Crippen molar-refractivity contribution in [1.29, 1.82) is 0 Å². The predicted octanol–water partition coefficient (Wildman–Crippen LogP) is 5.47. The maximum atomic E-state index is 13.7. The van der Waals surface area contributed by atoms with Gasteiger partial charge in [0.05, 0.1) is 44.8 Å². The number of anilines is 1. The molecule has 0 aromatic heterocycles. The lowest BCUT2D eigenvalue weighted by atomic mass is 10.0. The number of nitrogens with one attached hydrogen (secondary N) is 1. The summed E-state index contributed by atoms with van der Waals surface area (Å²) in [6, 6.07) is 17.6. The first kappa shape index (κ1) is 30.0. The van der Waals surface area contributed by atoms with Gasteiger partial charge in [-0.25, -0.2) is 8.78 Å². The third-order valence-corrected chi connectivity index (χ3v) is 7.34. The average Bonchev–Trinajstić information content (AvgIpc) is 3.02. The molecule has 2 aliphatic rings. The molecule has 1 saturated heterocycles. The molecule has 5 rings (SSSR count). The normalized spacial score (nSPS) is 17.0. The zero-order valence-electron chi connectivity index (χ0n) is 24.0. The quantitative estimate of drug-likeness (QED) is 0.251. The van der Waals surface area contributed by atoms with Crippen LogP contribution in [0.25, 0.3) is 0 Å². The van der Waals surface area contributed by atoms with Crippen LogP contribution in [0, 0.1) is 11.6 Å². The molecule has 0 amide bonds. The SMILES string of the molecule is COCCCN1CCOc2ccc(CON3CNCC[C@@H]3c3ccc(OCCCOc4cc(F)ccc4F)cc3)cc21. The van der Waals surface area contributed by atoms with Crippen molar-refractivity contribution in [1.82, 2.24) is 10.4 Å². The molecule has 8 nitrogen and oxygen atoms in total. The summed E-state index contributed by atoms with van der Waals surface area (Å²) in [4.78, 5) is 8.69. The van der Waals surface area contributed by atoms with E-state index in [2.05, 4.69) is 34.5 Å². The van der Waals surface area contributed by atoms with E-state index >= 15 is 0 Å². The van der Waals surface area contributed by atoms with Gasteiger partial charge in [-0.3, -0.25) is 4.84 Å². The minimum Gasteiger partial charge on any atom is -0.493 e. The van der Waals surface area contributed by atoms with E-state index in [0.29, 0.717) is 32.9 Å². The Balaban J connectivity index is 1.11. The molecule has 2 heterocycles. The van der Waals surface area contributed by atoms with E-state index in [9.17, 15) is 8.78 Å². The third-order valence-electron chi connectivity index (χ3n) is 7.34. The monoisotopic (exact) mass is 583 g/mol. The highest BCUT2D eigenvalue weighted by Crippen LogP contribution is 2.34. The zero-order chi connectivity index (χ0) is 29.1. The van der Waals surface area contributed by atoms with Crippen LogP contribution in [-0.4, -0.2) is 64.9 Å². The van der Waals surface area contributed by atoms with Gasteiger partial charge in [0.15, 0.2) is 11.6 Å². The van der Waals surface area contributed by atoms with Crippen molar-refractivity contribution in [3.8, 4) is 17.2 Å². The van der Waals surface area contributed by atoms with E-state index in [4.69, 9.17) is 23.8 Å². The molecule has 226 valence electrons. The summed E-state index contributed by atoms with van der Waals surface area (Å²) in [7, 11) is 1.73. The molecule has 1 fully saturated rings. The number of fused-ring (bicyclic) bond motifs is 1. The van der Waals surface area contributed by atoms with Gasteiger partial charge >= 0.3 is 0 Å². The van der Waals surface area contributed by atoms with Gasteiger partial charge in [0.1, 0.15) is 23.9 Å². The number of halogens is 2. The van der Waals surface area contributed by atoms with Crippen molar-refractivity contribution in [3.05, 3.63) is 83.4 Å². The summed E-state index contributed by atoms with van der Waals surface area (Å²) >= 11 is 0. The number of rotatable bonds is 14. The van der Waals surface area contributed by atoms with Crippen LogP contribution in [0.1, 0.15) is 36.4 Å². The molecule has 3 aromatic carbocycles.